The smallest absolute Gasteiger partial charge is 0.313 e. The van der Waals surface area contributed by atoms with E-state index in [0.29, 0.717) is 21.7 Å². The van der Waals surface area contributed by atoms with E-state index in [1.807, 2.05) is 0 Å². The molecule has 120 valence electrons. The quantitative estimate of drug-likeness (QED) is 0.737. The topological polar surface area (TPSA) is 78.4 Å². The van der Waals surface area contributed by atoms with Crippen LogP contribution in [0.15, 0.2) is 18.2 Å². The zero-order chi connectivity index (χ0) is 16.1. The van der Waals surface area contributed by atoms with Crippen LogP contribution in [0.3, 0.4) is 0 Å². The summed E-state index contributed by atoms with van der Waals surface area (Å²) in [6, 6.07) is 4.60. The summed E-state index contributed by atoms with van der Waals surface area (Å²) in [5.41, 5.74) is 0.304. The van der Waals surface area contributed by atoms with E-state index >= 15 is 0 Å². The summed E-state index contributed by atoms with van der Waals surface area (Å²) in [6.45, 7) is 0.175. The Morgan fingerprint density at radius 3 is 2.45 bits per heavy atom. The molecule has 1 saturated carbocycles. The molecule has 1 aromatic rings. The van der Waals surface area contributed by atoms with Crippen molar-refractivity contribution < 1.29 is 14.7 Å². The number of aliphatic hydroxyl groups excluding tert-OH is 1. The molecule has 0 heterocycles. The van der Waals surface area contributed by atoms with Crippen molar-refractivity contribution in [1.29, 1.82) is 0 Å². The average Bonchev–Trinajstić information content (AvgIpc) is 2.51. The Balaban J connectivity index is 1.87. The predicted octanol–water partition coefficient (Wildman–Crippen LogP) is 2.60. The molecule has 0 unspecified atom stereocenters. The predicted molar refractivity (Wildman–Crippen MR) is 86.1 cm³/mol. The summed E-state index contributed by atoms with van der Waals surface area (Å²) in [7, 11) is 0. The molecular formula is C15H18Cl2N2O3. The van der Waals surface area contributed by atoms with Crippen LogP contribution >= 0.6 is 23.2 Å². The highest BCUT2D eigenvalue weighted by Gasteiger charge is 2.24. The third-order valence-corrected chi connectivity index (χ3v) is 4.39. The Morgan fingerprint density at radius 1 is 1.14 bits per heavy atom. The molecule has 0 saturated heterocycles. The number of hydrogen-bond donors (Lipinski definition) is 3. The largest absolute Gasteiger partial charge is 0.396 e. The van der Waals surface area contributed by atoms with Crippen LogP contribution in [0.1, 0.15) is 25.7 Å². The Hall–Kier alpha value is -1.30. The monoisotopic (exact) mass is 344 g/mol. The fourth-order valence-corrected chi connectivity index (χ4v) is 2.85. The first-order valence-electron chi connectivity index (χ1n) is 7.17. The van der Waals surface area contributed by atoms with Gasteiger partial charge in [0.15, 0.2) is 0 Å². The summed E-state index contributed by atoms with van der Waals surface area (Å²) >= 11 is 11.8. The van der Waals surface area contributed by atoms with Gasteiger partial charge in [-0.3, -0.25) is 9.59 Å². The first-order valence-corrected chi connectivity index (χ1v) is 7.93. The van der Waals surface area contributed by atoms with Gasteiger partial charge in [0.05, 0.1) is 10.7 Å². The number of nitrogens with one attached hydrogen (secondary N) is 2. The van der Waals surface area contributed by atoms with E-state index in [4.69, 9.17) is 28.3 Å². The molecule has 1 aromatic carbocycles. The van der Waals surface area contributed by atoms with E-state index in [1.54, 1.807) is 12.1 Å². The molecule has 0 atom stereocenters. The summed E-state index contributed by atoms with van der Waals surface area (Å²) < 4.78 is 0. The second-order valence-electron chi connectivity index (χ2n) is 5.45. The average molecular weight is 345 g/mol. The summed E-state index contributed by atoms with van der Waals surface area (Å²) in [6.07, 6.45) is 3.23. The number of rotatable bonds is 3. The molecule has 0 aromatic heterocycles. The third kappa shape index (κ3) is 4.60. The van der Waals surface area contributed by atoms with Gasteiger partial charge >= 0.3 is 11.8 Å². The zero-order valence-electron chi connectivity index (χ0n) is 11.9. The number of anilines is 1. The van der Waals surface area contributed by atoms with Crippen molar-refractivity contribution in [1.82, 2.24) is 5.32 Å². The van der Waals surface area contributed by atoms with Crippen LogP contribution < -0.4 is 10.6 Å². The number of halogens is 2. The number of amides is 2. The normalized spacial score (nSPS) is 21.2. The van der Waals surface area contributed by atoms with Gasteiger partial charge in [-0.05, 0) is 49.8 Å². The number of benzene rings is 1. The Kier molecular flexibility index (Phi) is 6.06. The van der Waals surface area contributed by atoms with Crippen molar-refractivity contribution in [3.63, 3.8) is 0 Å². The summed E-state index contributed by atoms with van der Waals surface area (Å²) in [4.78, 5) is 23.8. The highest BCUT2D eigenvalue weighted by atomic mass is 35.5. The Labute approximate surface area is 139 Å². The number of hydrogen-bond acceptors (Lipinski definition) is 3. The van der Waals surface area contributed by atoms with E-state index in [9.17, 15) is 9.59 Å². The standard InChI is InChI=1S/C15H18Cl2N2O3/c16-10-3-6-12(17)13(7-10)19-15(22)14(21)18-11-4-1-9(8-20)2-5-11/h3,6-7,9,11,20H,1-2,4-5,8H2,(H,18,21)(H,19,22). The first-order chi connectivity index (χ1) is 10.5. The lowest BCUT2D eigenvalue weighted by Crippen LogP contribution is -2.43. The summed E-state index contributed by atoms with van der Waals surface area (Å²) in [5.74, 6) is -1.16. The fraction of sp³-hybridized carbons (Fsp3) is 0.467. The van der Waals surface area contributed by atoms with Crippen LogP contribution in [0.5, 0.6) is 0 Å². The van der Waals surface area contributed by atoms with Gasteiger partial charge < -0.3 is 15.7 Å². The van der Waals surface area contributed by atoms with E-state index < -0.39 is 11.8 Å². The highest BCUT2D eigenvalue weighted by Crippen LogP contribution is 2.26. The Bertz CT molecular complexity index is 558. The van der Waals surface area contributed by atoms with E-state index in [1.165, 1.54) is 6.07 Å². The van der Waals surface area contributed by atoms with Crippen molar-refractivity contribution in [3.05, 3.63) is 28.2 Å². The molecule has 1 fully saturated rings. The van der Waals surface area contributed by atoms with Gasteiger partial charge in [-0.15, -0.1) is 0 Å². The van der Waals surface area contributed by atoms with Crippen LogP contribution in [0.4, 0.5) is 5.69 Å². The minimum absolute atomic E-state index is 0.0316. The van der Waals surface area contributed by atoms with Gasteiger partial charge in [-0.1, -0.05) is 23.2 Å². The molecule has 7 heteroatoms. The molecule has 1 aliphatic carbocycles. The van der Waals surface area contributed by atoms with E-state index in [-0.39, 0.29) is 12.6 Å². The lowest BCUT2D eigenvalue weighted by Gasteiger charge is -2.27. The van der Waals surface area contributed by atoms with Gasteiger partial charge in [0, 0.05) is 17.7 Å². The lowest BCUT2D eigenvalue weighted by molar-refractivity contribution is -0.136. The summed E-state index contributed by atoms with van der Waals surface area (Å²) in [5, 5.41) is 15.0. The minimum Gasteiger partial charge on any atom is -0.396 e. The molecule has 0 spiro atoms. The molecule has 2 rings (SSSR count). The van der Waals surface area contributed by atoms with Gasteiger partial charge in [0.2, 0.25) is 0 Å². The van der Waals surface area contributed by atoms with Gasteiger partial charge in [0.1, 0.15) is 0 Å². The zero-order valence-corrected chi connectivity index (χ0v) is 13.5. The molecule has 0 bridgehead atoms. The molecule has 5 nitrogen and oxygen atoms in total. The van der Waals surface area contributed by atoms with Crippen molar-refractivity contribution in [2.24, 2.45) is 5.92 Å². The van der Waals surface area contributed by atoms with Crippen LogP contribution in [0, 0.1) is 5.92 Å². The highest BCUT2D eigenvalue weighted by molar-refractivity contribution is 6.42. The molecule has 0 radical (unpaired) electrons. The van der Waals surface area contributed by atoms with Gasteiger partial charge in [-0.2, -0.15) is 0 Å². The van der Waals surface area contributed by atoms with Gasteiger partial charge in [-0.25, -0.2) is 0 Å². The first kappa shape index (κ1) is 17.1. The third-order valence-electron chi connectivity index (χ3n) is 3.82. The second kappa shape index (κ2) is 7.81. The maximum atomic E-state index is 11.9. The van der Waals surface area contributed by atoms with E-state index in [0.717, 1.165) is 25.7 Å². The molecular weight excluding hydrogens is 327 g/mol. The molecule has 1 aliphatic rings. The second-order valence-corrected chi connectivity index (χ2v) is 6.30. The van der Waals surface area contributed by atoms with Crippen LogP contribution in [-0.4, -0.2) is 29.6 Å². The number of carbonyl (C=O) groups excluding carboxylic acids is 2. The van der Waals surface area contributed by atoms with Crippen molar-refractivity contribution in [2.75, 3.05) is 11.9 Å². The van der Waals surface area contributed by atoms with Crippen LogP contribution in [0.25, 0.3) is 0 Å². The van der Waals surface area contributed by atoms with Crippen molar-refractivity contribution in [2.45, 2.75) is 31.7 Å². The lowest BCUT2D eigenvalue weighted by atomic mass is 9.86. The van der Waals surface area contributed by atoms with E-state index in [2.05, 4.69) is 10.6 Å². The molecule has 3 N–H and O–H groups in total. The maximum Gasteiger partial charge on any atom is 0.313 e. The van der Waals surface area contributed by atoms with Crippen molar-refractivity contribution in [3.8, 4) is 0 Å². The fourth-order valence-electron chi connectivity index (χ4n) is 2.51. The van der Waals surface area contributed by atoms with Crippen LogP contribution in [0.2, 0.25) is 10.0 Å². The number of aliphatic hydroxyl groups is 1. The number of carbonyl (C=O) groups is 2. The molecule has 0 aliphatic heterocycles. The maximum absolute atomic E-state index is 11.9. The van der Waals surface area contributed by atoms with Crippen molar-refractivity contribution >= 4 is 40.7 Å². The van der Waals surface area contributed by atoms with Gasteiger partial charge in [0.25, 0.3) is 0 Å². The minimum atomic E-state index is -0.770. The molecule has 22 heavy (non-hydrogen) atoms. The SMILES string of the molecule is O=C(Nc1cc(Cl)ccc1Cl)C(=O)NC1CCC(CO)CC1. The Morgan fingerprint density at radius 2 is 1.82 bits per heavy atom. The molecule has 2 amide bonds. The van der Waals surface area contributed by atoms with Crippen LogP contribution in [-0.2, 0) is 9.59 Å².